The van der Waals surface area contributed by atoms with E-state index in [0.29, 0.717) is 0 Å². The molecule has 0 bridgehead atoms. The predicted molar refractivity (Wildman–Crippen MR) is 139 cm³/mol. The fraction of sp³-hybridized carbons (Fsp3) is 0.300. The molecule has 0 fully saturated rings. The van der Waals surface area contributed by atoms with Gasteiger partial charge in [0, 0.05) is 0 Å². The van der Waals surface area contributed by atoms with Crippen LogP contribution in [0.4, 0.5) is 0 Å². The Labute approximate surface area is 204 Å². The van der Waals surface area contributed by atoms with Gasteiger partial charge < -0.3 is 0 Å². The molecule has 0 spiro atoms. The van der Waals surface area contributed by atoms with E-state index in [0.717, 1.165) is 39.9 Å². The summed E-state index contributed by atoms with van der Waals surface area (Å²) in [5.74, 6) is 7.27. The van der Waals surface area contributed by atoms with Gasteiger partial charge in [0.15, 0.2) is 0 Å². The molecule has 0 N–H and O–H groups in total. The van der Waals surface area contributed by atoms with E-state index in [4.69, 9.17) is 4.74 Å². The molecule has 3 rings (SSSR count). The van der Waals surface area contributed by atoms with Crippen molar-refractivity contribution in [1.82, 2.24) is 0 Å². The van der Waals surface area contributed by atoms with Crippen molar-refractivity contribution < 1.29 is 9.53 Å². The molecule has 0 aliphatic heterocycles. The Kier molecular flexibility index (Phi) is 10.3. The summed E-state index contributed by atoms with van der Waals surface area (Å²) >= 11 is -0.209. The van der Waals surface area contributed by atoms with Crippen LogP contribution < -0.4 is 9.20 Å². The molecule has 0 heterocycles. The first-order chi connectivity index (χ1) is 16.1. The van der Waals surface area contributed by atoms with Gasteiger partial charge in [-0.25, -0.2) is 0 Å². The molecule has 0 aromatic heterocycles. The summed E-state index contributed by atoms with van der Waals surface area (Å²) in [4.78, 5) is 12.6. The minimum absolute atomic E-state index is 0.183. The van der Waals surface area contributed by atoms with Crippen LogP contribution in [0.5, 0.6) is 5.75 Å². The van der Waals surface area contributed by atoms with Crippen molar-refractivity contribution in [1.29, 1.82) is 0 Å². The normalized spacial score (nSPS) is 10.4. The molecule has 0 aliphatic carbocycles. The maximum absolute atomic E-state index is 12.6. The zero-order chi connectivity index (χ0) is 23.3. The molecule has 3 aromatic rings. The Balaban J connectivity index is 1.46. The van der Waals surface area contributed by atoms with E-state index >= 15 is 0 Å². The van der Waals surface area contributed by atoms with Crippen molar-refractivity contribution in [2.24, 2.45) is 0 Å². The Bertz CT molecular complexity index is 1060. The summed E-state index contributed by atoms with van der Waals surface area (Å²) < 4.78 is 7.12. The average molecular weight is 504 g/mol. The zero-order valence-corrected chi connectivity index (χ0v) is 21.3. The summed E-state index contributed by atoms with van der Waals surface area (Å²) in [6.07, 6.45) is 7.59. The van der Waals surface area contributed by atoms with E-state index in [-0.39, 0.29) is 19.6 Å². The molecule has 0 saturated heterocycles. The first-order valence-corrected chi connectivity index (χ1v) is 13.5. The minimum atomic E-state index is -0.209. The standard InChI is InChI=1S/C30H32O2Se/c1-3-4-5-6-7-8-23-32-28-19-15-26(16-20-28)12-11-25-13-17-27(18-14-25)30(31)33-29-21-9-24(2)10-22-29/h9-10,13-22H,3-8,23H2,1-2H3. The fourth-order valence-electron chi connectivity index (χ4n) is 3.31. The molecule has 3 heteroatoms. The molecule has 2 nitrogen and oxygen atoms in total. The van der Waals surface area contributed by atoms with Crippen LogP contribution in [0.2, 0.25) is 0 Å². The number of hydrogen-bond donors (Lipinski definition) is 0. The summed E-state index contributed by atoms with van der Waals surface area (Å²) in [6.45, 7) is 5.06. The Morgan fingerprint density at radius 3 is 1.97 bits per heavy atom. The monoisotopic (exact) mass is 504 g/mol. The van der Waals surface area contributed by atoms with Crippen LogP contribution in [-0.2, 0) is 0 Å². The number of carbonyl (C=O) groups is 1. The molecule has 0 amide bonds. The van der Waals surface area contributed by atoms with Gasteiger partial charge in [0.1, 0.15) is 0 Å². The van der Waals surface area contributed by atoms with Crippen LogP contribution in [0.15, 0.2) is 72.8 Å². The Morgan fingerprint density at radius 2 is 1.33 bits per heavy atom. The first-order valence-electron chi connectivity index (χ1n) is 11.8. The Hall–Kier alpha value is -2.79. The second-order valence-electron chi connectivity index (χ2n) is 8.17. The van der Waals surface area contributed by atoms with Crippen LogP contribution in [-0.4, -0.2) is 26.2 Å². The number of ether oxygens (including phenoxy) is 1. The van der Waals surface area contributed by atoms with Crippen LogP contribution in [0.3, 0.4) is 0 Å². The molecular weight excluding hydrogens is 471 g/mol. The number of unbranched alkanes of at least 4 members (excludes halogenated alkanes) is 5. The van der Waals surface area contributed by atoms with E-state index in [1.54, 1.807) is 0 Å². The van der Waals surface area contributed by atoms with Gasteiger partial charge in [0.05, 0.1) is 6.61 Å². The average Bonchev–Trinajstić information content (AvgIpc) is 2.84. The molecular formula is C30H32O2Se. The predicted octanol–water partition coefficient (Wildman–Crippen LogP) is 6.30. The van der Waals surface area contributed by atoms with E-state index in [1.165, 1.54) is 37.7 Å². The number of hydrogen-bond acceptors (Lipinski definition) is 2. The number of rotatable bonds is 11. The molecule has 0 atom stereocenters. The zero-order valence-electron chi connectivity index (χ0n) is 19.6. The van der Waals surface area contributed by atoms with Crippen LogP contribution in [0.25, 0.3) is 0 Å². The van der Waals surface area contributed by atoms with Crippen molar-refractivity contribution in [2.45, 2.75) is 52.4 Å². The van der Waals surface area contributed by atoms with Crippen molar-refractivity contribution in [2.75, 3.05) is 6.61 Å². The summed E-state index contributed by atoms with van der Waals surface area (Å²) in [5.41, 5.74) is 3.80. The number of benzene rings is 3. The quantitative estimate of drug-likeness (QED) is 0.174. The maximum atomic E-state index is 12.6. The molecule has 0 unspecified atom stereocenters. The summed E-state index contributed by atoms with van der Waals surface area (Å²) in [7, 11) is 0. The van der Waals surface area contributed by atoms with Crippen LogP contribution >= 0.6 is 0 Å². The van der Waals surface area contributed by atoms with E-state index in [2.05, 4.69) is 37.8 Å². The fourth-order valence-corrected chi connectivity index (χ4v) is 4.87. The molecule has 0 saturated carbocycles. The summed E-state index contributed by atoms with van der Waals surface area (Å²) in [6, 6.07) is 23.7. The van der Waals surface area contributed by atoms with Gasteiger partial charge in [-0.1, -0.05) is 39.0 Å². The topological polar surface area (TPSA) is 26.3 Å². The summed E-state index contributed by atoms with van der Waals surface area (Å²) in [5, 5.41) is 0. The molecule has 3 aromatic carbocycles. The van der Waals surface area contributed by atoms with Crippen LogP contribution in [0, 0.1) is 18.8 Å². The SMILES string of the molecule is CCCCCCCCOc1ccc(C#Cc2ccc(C(=O)[Se]c3ccc(C)cc3)cc2)cc1. The van der Waals surface area contributed by atoms with Gasteiger partial charge in [-0.15, -0.1) is 0 Å². The van der Waals surface area contributed by atoms with Gasteiger partial charge in [-0.2, -0.15) is 0 Å². The van der Waals surface area contributed by atoms with E-state index in [1.807, 2.05) is 60.7 Å². The van der Waals surface area contributed by atoms with Crippen LogP contribution in [0.1, 0.15) is 72.5 Å². The van der Waals surface area contributed by atoms with E-state index in [9.17, 15) is 4.79 Å². The number of aryl methyl sites for hydroxylation is 1. The van der Waals surface area contributed by atoms with Gasteiger partial charge in [-0.3, -0.25) is 0 Å². The third-order valence-electron chi connectivity index (χ3n) is 5.32. The third-order valence-corrected chi connectivity index (χ3v) is 7.27. The van der Waals surface area contributed by atoms with Gasteiger partial charge >= 0.3 is 153 Å². The van der Waals surface area contributed by atoms with Gasteiger partial charge in [0.25, 0.3) is 0 Å². The first kappa shape index (κ1) is 24.8. The van der Waals surface area contributed by atoms with Gasteiger partial charge in [-0.05, 0) is 6.42 Å². The third kappa shape index (κ3) is 8.93. The van der Waals surface area contributed by atoms with Crippen molar-refractivity contribution in [3.63, 3.8) is 0 Å². The van der Waals surface area contributed by atoms with Crippen molar-refractivity contribution in [3.05, 3.63) is 95.1 Å². The molecule has 170 valence electrons. The van der Waals surface area contributed by atoms with Gasteiger partial charge in [0.2, 0.25) is 0 Å². The van der Waals surface area contributed by atoms with Crippen molar-refractivity contribution in [3.8, 4) is 17.6 Å². The number of carbonyl (C=O) groups excluding carboxylic acids is 1. The van der Waals surface area contributed by atoms with E-state index < -0.39 is 0 Å². The Morgan fingerprint density at radius 1 is 0.758 bits per heavy atom. The molecule has 0 radical (unpaired) electrons. The molecule has 33 heavy (non-hydrogen) atoms. The molecule has 0 aliphatic rings. The van der Waals surface area contributed by atoms with Crippen molar-refractivity contribution >= 4 is 24.1 Å². The second-order valence-corrected chi connectivity index (χ2v) is 10.4. The second kappa shape index (κ2) is 13.7.